The Labute approximate surface area is 140 Å². The molecule has 23 heavy (non-hydrogen) atoms. The maximum atomic E-state index is 12.5. The van der Waals surface area contributed by atoms with Gasteiger partial charge < -0.3 is 10.1 Å². The summed E-state index contributed by atoms with van der Waals surface area (Å²) in [6, 6.07) is 3.97. The minimum absolute atomic E-state index is 0.0352. The molecule has 8 heteroatoms. The number of amides is 1. The number of nitrogens with zero attached hydrogens (tertiary/aromatic N) is 2. The third-order valence-electron chi connectivity index (χ3n) is 3.27. The van der Waals surface area contributed by atoms with E-state index in [9.17, 15) is 13.6 Å². The quantitative estimate of drug-likeness (QED) is 0.852. The number of aryl methyl sites for hydroxylation is 2. The number of alkyl halides is 2. The van der Waals surface area contributed by atoms with Gasteiger partial charge >= 0.3 is 6.61 Å². The van der Waals surface area contributed by atoms with E-state index in [1.807, 2.05) is 6.92 Å². The SMILES string of the molecule is Cc1nn(C)cc1C(C)NC(=O)c1cc(Br)ccc1OC(F)F. The van der Waals surface area contributed by atoms with Crippen LogP contribution in [0.3, 0.4) is 0 Å². The second-order valence-corrected chi connectivity index (χ2v) is 5.97. The van der Waals surface area contributed by atoms with E-state index in [1.54, 1.807) is 24.9 Å². The van der Waals surface area contributed by atoms with E-state index in [1.165, 1.54) is 18.2 Å². The van der Waals surface area contributed by atoms with Gasteiger partial charge in [0.05, 0.1) is 17.3 Å². The van der Waals surface area contributed by atoms with Crippen LogP contribution in [-0.4, -0.2) is 22.3 Å². The molecule has 0 saturated carbocycles. The summed E-state index contributed by atoms with van der Waals surface area (Å²) in [5.41, 5.74) is 1.68. The van der Waals surface area contributed by atoms with Gasteiger partial charge in [-0.3, -0.25) is 9.48 Å². The van der Waals surface area contributed by atoms with Gasteiger partial charge in [-0.2, -0.15) is 13.9 Å². The van der Waals surface area contributed by atoms with Crippen molar-refractivity contribution in [3.05, 3.63) is 45.7 Å². The van der Waals surface area contributed by atoms with Crippen molar-refractivity contribution < 1.29 is 18.3 Å². The van der Waals surface area contributed by atoms with Crippen LogP contribution in [0.15, 0.2) is 28.9 Å². The van der Waals surface area contributed by atoms with Crippen LogP contribution in [0.1, 0.15) is 34.6 Å². The first-order valence-corrected chi connectivity index (χ1v) is 7.62. The van der Waals surface area contributed by atoms with E-state index >= 15 is 0 Å². The highest BCUT2D eigenvalue weighted by Crippen LogP contribution is 2.26. The summed E-state index contributed by atoms with van der Waals surface area (Å²) in [5.74, 6) is -0.673. The topological polar surface area (TPSA) is 56.2 Å². The zero-order valence-corrected chi connectivity index (χ0v) is 14.4. The van der Waals surface area contributed by atoms with Crippen LogP contribution in [0.4, 0.5) is 8.78 Å². The molecule has 1 aromatic carbocycles. The van der Waals surface area contributed by atoms with Gasteiger partial charge in [-0.15, -0.1) is 0 Å². The van der Waals surface area contributed by atoms with Crippen molar-refractivity contribution >= 4 is 21.8 Å². The van der Waals surface area contributed by atoms with E-state index in [2.05, 4.69) is 31.1 Å². The average molecular weight is 388 g/mol. The number of rotatable bonds is 5. The maximum absolute atomic E-state index is 12.5. The van der Waals surface area contributed by atoms with Gasteiger partial charge in [0, 0.05) is 23.3 Å². The van der Waals surface area contributed by atoms with Crippen LogP contribution in [0.2, 0.25) is 0 Å². The standard InChI is InChI=1S/C15H16BrF2N3O2/c1-8(12-7-21(3)20-9(12)2)19-14(22)11-6-10(16)4-5-13(11)23-15(17)18/h4-8,15H,1-3H3,(H,19,22). The first-order chi connectivity index (χ1) is 10.8. The molecule has 0 radical (unpaired) electrons. The Hall–Kier alpha value is -1.96. The third-order valence-corrected chi connectivity index (χ3v) is 3.76. The fourth-order valence-electron chi connectivity index (χ4n) is 2.27. The predicted molar refractivity (Wildman–Crippen MR) is 84.6 cm³/mol. The molecule has 0 saturated heterocycles. The molecular formula is C15H16BrF2N3O2. The van der Waals surface area contributed by atoms with Gasteiger partial charge in [-0.25, -0.2) is 0 Å². The summed E-state index contributed by atoms with van der Waals surface area (Å²) in [4.78, 5) is 12.4. The molecule has 0 aliphatic carbocycles. The monoisotopic (exact) mass is 387 g/mol. The smallest absolute Gasteiger partial charge is 0.387 e. The van der Waals surface area contributed by atoms with E-state index < -0.39 is 12.5 Å². The van der Waals surface area contributed by atoms with Gasteiger partial charge in [-0.05, 0) is 32.0 Å². The molecule has 5 nitrogen and oxygen atoms in total. The highest BCUT2D eigenvalue weighted by Gasteiger charge is 2.20. The van der Waals surface area contributed by atoms with Crippen LogP contribution >= 0.6 is 15.9 Å². The largest absolute Gasteiger partial charge is 0.434 e. The van der Waals surface area contributed by atoms with Crippen LogP contribution in [-0.2, 0) is 7.05 Å². The molecule has 0 fully saturated rings. The van der Waals surface area contributed by atoms with Crippen molar-refractivity contribution in [1.29, 1.82) is 0 Å². The highest BCUT2D eigenvalue weighted by molar-refractivity contribution is 9.10. The molecular weight excluding hydrogens is 372 g/mol. The summed E-state index contributed by atoms with van der Waals surface area (Å²) in [6.45, 7) is 0.636. The molecule has 0 aliphatic rings. The maximum Gasteiger partial charge on any atom is 0.387 e. The second-order valence-electron chi connectivity index (χ2n) is 5.06. The Kier molecular flexibility index (Phi) is 5.35. The fourth-order valence-corrected chi connectivity index (χ4v) is 2.63. The Balaban J connectivity index is 2.23. The summed E-state index contributed by atoms with van der Waals surface area (Å²) >= 11 is 3.22. The van der Waals surface area contributed by atoms with Gasteiger partial charge in [0.1, 0.15) is 5.75 Å². The van der Waals surface area contributed by atoms with Crippen molar-refractivity contribution in [2.45, 2.75) is 26.5 Å². The minimum Gasteiger partial charge on any atom is -0.434 e. The van der Waals surface area contributed by atoms with E-state index in [4.69, 9.17) is 0 Å². The molecule has 1 amide bonds. The number of nitrogens with one attached hydrogen (secondary N) is 1. The lowest BCUT2D eigenvalue weighted by Crippen LogP contribution is -2.27. The lowest BCUT2D eigenvalue weighted by Gasteiger charge is -2.16. The second kappa shape index (κ2) is 7.08. The molecule has 0 bridgehead atoms. The Morgan fingerprint density at radius 2 is 2.13 bits per heavy atom. The van der Waals surface area contributed by atoms with Crippen molar-refractivity contribution in [1.82, 2.24) is 15.1 Å². The number of carbonyl (C=O) groups excluding carboxylic acids is 1. The Morgan fingerprint density at radius 3 is 2.70 bits per heavy atom. The Bertz CT molecular complexity index is 719. The van der Waals surface area contributed by atoms with E-state index in [0.29, 0.717) is 4.47 Å². The van der Waals surface area contributed by atoms with Gasteiger partial charge in [0.15, 0.2) is 0 Å². The zero-order chi connectivity index (χ0) is 17.1. The first kappa shape index (κ1) is 17.4. The number of carbonyl (C=O) groups is 1. The highest BCUT2D eigenvalue weighted by atomic mass is 79.9. The van der Waals surface area contributed by atoms with Crippen LogP contribution < -0.4 is 10.1 Å². The number of hydrogen-bond acceptors (Lipinski definition) is 3. The molecule has 124 valence electrons. The van der Waals surface area contributed by atoms with E-state index in [0.717, 1.165) is 11.3 Å². The van der Waals surface area contributed by atoms with Gasteiger partial charge in [-0.1, -0.05) is 15.9 Å². The lowest BCUT2D eigenvalue weighted by molar-refractivity contribution is -0.0501. The number of halogens is 3. The van der Waals surface area contributed by atoms with Crippen LogP contribution in [0, 0.1) is 6.92 Å². The molecule has 1 N–H and O–H groups in total. The van der Waals surface area contributed by atoms with Crippen LogP contribution in [0.25, 0.3) is 0 Å². The Morgan fingerprint density at radius 1 is 1.43 bits per heavy atom. The van der Waals surface area contributed by atoms with Crippen molar-refractivity contribution in [3.8, 4) is 5.75 Å². The predicted octanol–water partition coefficient (Wildman–Crippen LogP) is 3.58. The van der Waals surface area contributed by atoms with Gasteiger partial charge in [0.2, 0.25) is 0 Å². The first-order valence-electron chi connectivity index (χ1n) is 6.83. The number of ether oxygens (including phenoxy) is 1. The summed E-state index contributed by atoms with van der Waals surface area (Å²) in [6.07, 6.45) is 1.80. The molecule has 1 aromatic heterocycles. The number of aromatic nitrogens is 2. The molecule has 2 rings (SSSR count). The molecule has 0 aliphatic heterocycles. The van der Waals surface area contributed by atoms with Crippen molar-refractivity contribution in [2.75, 3.05) is 0 Å². The number of benzene rings is 1. The van der Waals surface area contributed by atoms with E-state index in [-0.39, 0.29) is 17.4 Å². The molecule has 2 aromatic rings. The molecule has 1 unspecified atom stereocenters. The summed E-state index contributed by atoms with van der Waals surface area (Å²) in [7, 11) is 1.79. The zero-order valence-electron chi connectivity index (χ0n) is 12.8. The summed E-state index contributed by atoms with van der Waals surface area (Å²) < 4.78 is 31.6. The normalized spacial score (nSPS) is 12.3. The average Bonchev–Trinajstić information content (AvgIpc) is 2.79. The van der Waals surface area contributed by atoms with Crippen LogP contribution in [0.5, 0.6) is 5.75 Å². The molecule has 1 heterocycles. The molecule has 1 atom stereocenters. The molecule has 0 spiro atoms. The third kappa shape index (κ3) is 4.28. The summed E-state index contributed by atoms with van der Waals surface area (Å²) in [5, 5.41) is 6.99. The fraction of sp³-hybridized carbons (Fsp3) is 0.333. The lowest BCUT2D eigenvalue weighted by atomic mass is 10.1. The van der Waals surface area contributed by atoms with Crippen molar-refractivity contribution in [2.24, 2.45) is 7.05 Å². The minimum atomic E-state index is -3.00. The van der Waals surface area contributed by atoms with Crippen molar-refractivity contribution in [3.63, 3.8) is 0 Å². The van der Waals surface area contributed by atoms with Gasteiger partial charge in [0.25, 0.3) is 5.91 Å². The number of hydrogen-bond donors (Lipinski definition) is 1.